The third-order valence-corrected chi connectivity index (χ3v) is 4.59. The molecule has 3 aromatic rings. The number of nitriles is 1. The lowest BCUT2D eigenvalue weighted by Gasteiger charge is -2.13. The van der Waals surface area contributed by atoms with E-state index in [1.54, 1.807) is 0 Å². The van der Waals surface area contributed by atoms with Gasteiger partial charge in [-0.15, -0.1) is 0 Å². The molecule has 3 rings (SSSR count). The Balaban J connectivity index is 2.19. The molecule has 1 heterocycles. The van der Waals surface area contributed by atoms with Crippen LogP contribution >= 0.6 is 15.9 Å². The van der Waals surface area contributed by atoms with Crippen molar-refractivity contribution in [1.29, 1.82) is 5.26 Å². The van der Waals surface area contributed by atoms with Gasteiger partial charge in [-0.05, 0) is 41.8 Å². The smallest absolute Gasteiger partial charge is 0.121 e. The zero-order valence-electron chi connectivity index (χ0n) is 13.5. The van der Waals surface area contributed by atoms with Gasteiger partial charge < -0.3 is 4.57 Å². The van der Waals surface area contributed by atoms with Gasteiger partial charge in [0.1, 0.15) is 11.8 Å². The molecule has 0 saturated carbocycles. The minimum atomic E-state index is 0.643. The second kappa shape index (κ2) is 6.90. The quantitative estimate of drug-likeness (QED) is 0.548. The fourth-order valence-corrected chi connectivity index (χ4v) is 3.33. The van der Waals surface area contributed by atoms with E-state index >= 15 is 0 Å². The maximum Gasteiger partial charge on any atom is 0.121 e. The average Bonchev–Trinajstić information content (AvgIpc) is 2.93. The molecule has 0 bridgehead atoms. The second-order valence-corrected chi connectivity index (χ2v) is 6.47. The monoisotopic (exact) mass is 376 g/mol. The van der Waals surface area contributed by atoms with Crippen molar-refractivity contribution in [3.05, 3.63) is 82.0 Å². The van der Waals surface area contributed by atoms with Crippen LogP contribution in [0.4, 0.5) is 0 Å². The maximum absolute atomic E-state index is 9.53. The standard InChI is InChI=1S/C21H17BrN2/c1-3-6-20-15(4-2)7-5-8-17(20)14-24-19(13-23)11-16-9-10-18(22)12-21(16)24/h3-12H,2,14H2,1H3/b6-3-. The highest BCUT2D eigenvalue weighted by Gasteiger charge is 2.12. The van der Waals surface area contributed by atoms with Gasteiger partial charge in [0.05, 0.1) is 5.52 Å². The van der Waals surface area contributed by atoms with E-state index in [9.17, 15) is 5.26 Å². The Morgan fingerprint density at radius 1 is 1.25 bits per heavy atom. The minimum absolute atomic E-state index is 0.643. The fraction of sp³-hybridized carbons (Fsp3) is 0.0952. The summed E-state index contributed by atoms with van der Waals surface area (Å²) in [5.41, 5.74) is 5.13. The predicted octanol–water partition coefficient (Wildman–Crippen LogP) is 6.00. The first-order valence-corrected chi connectivity index (χ1v) is 8.53. The molecule has 0 N–H and O–H groups in total. The van der Waals surface area contributed by atoms with Gasteiger partial charge in [0.15, 0.2) is 0 Å². The number of aromatic nitrogens is 1. The molecule has 0 amide bonds. The number of hydrogen-bond acceptors (Lipinski definition) is 1. The van der Waals surface area contributed by atoms with Crippen LogP contribution in [-0.2, 0) is 6.54 Å². The van der Waals surface area contributed by atoms with Gasteiger partial charge in [-0.2, -0.15) is 5.26 Å². The van der Waals surface area contributed by atoms with Gasteiger partial charge in [-0.25, -0.2) is 0 Å². The molecule has 0 atom stereocenters. The molecule has 24 heavy (non-hydrogen) atoms. The Morgan fingerprint density at radius 3 is 2.79 bits per heavy atom. The Bertz CT molecular complexity index is 987. The van der Waals surface area contributed by atoms with Crippen molar-refractivity contribution in [2.75, 3.05) is 0 Å². The highest BCUT2D eigenvalue weighted by atomic mass is 79.9. The van der Waals surface area contributed by atoms with Crippen molar-refractivity contribution in [2.24, 2.45) is 0 Å². The summed E-state index contributed by atoms with van der Waals surface area (Å²) in [5.74, 6) is 0. The molecular weight excluding hydrogens is 360 g/mol. The van der Waals surface area contributed by atoms with Crippen LogP contribution in [0.25, 0.3) is 23.1 Å². The predicted molar refractivity (Wildman–Crippen MR) is 105 cm³/mol. The van der Waals surface area contributed by atoms with Gasteiger partial charge in [0.25, 0.3) is 0 Å². The number of nitrogens with zero attached hydrogens (tertiary/aromatic N) is 2. The summed E-state index contributed by atoms with van der Waals surface area (Å²) in [6.07, 6.45) is 6.00. The summed E-state index contributed by atoms with van der Waals surface area (Å²) in [7, 11) is 0. The zero-order valence-corrected chi connectivity index (χ0v) is 15.0. The largest absolute Gasteiger partial charge is 0.328 e. The molecule has 0 aliphatic rings. The van der Waals surface area contributed by atoms with Gasteiger partial charge in [-0.3, -0.25) is 0 Å². The highest BCUT2D eigenvalue weighted by Crippen LogP contribution is 2.26. The van der Waals surface area contributed by atoms with Crippen molar-refractivity contribution in [3.63, 3.8) is 0 Å². The summed E-state index contributed by atoms with van der Waals surface area (Å²) in [6, 6.07) is 16.5. The zero-order chi connectivity index (χ0) is 17.1. The summed E-state index contributed by atoms with van der Waals surface area (Å²) in [4.78, 5) is 0. The van der Waals surface area contributed by atoms with E-state index in [2.05, 4.69) is 57.4 Å². The molecule has 0 unspecified atom stereocenters. The molecule has 3 heteroatoms. The number of benzene rings is 2. The lowest BCUT2D eigenvalue weighted by Crippen LogP contribution is -2.04. The molecule has 2 aromatic carbocycles. The van der Waals surface area contributed by atoms with Gasteiger partial charge in [0, 0.05) is 16.4 Å². The summed E-state index contributed by atoms with van der Waals surface area (Å²) >= 11 is 3.52. The van der Waals surface area contributed by atoms with Crippen molar-refractivity contribution >= 4 is 39.0 Å². The third kappa shape index (κ3) is 2.93. The van der Waals surface area contributed by atoms with Crippen LogP contribution in [0.3, 0.4) is 0 Å². The van der Waals surface area contributed by atoms with E-state index in [1.807, 2.05) is 43.3 Å². The van der Waals surface area contributed by atoms with Crippen molar-refractivity contribution in [2.45, 2.75) is 13.5 Å². The van der Waals surface area contributed by atoms with Crippen LogP contribution in [0.1, 0.15) is 29.3 Å². The first-order valence-electron chi connectivity index (χ1n) is 7.74. The van der Waals surface area contributed by atoms with Crippen LogP contribution in [0.15, 0.2) is 59.6 Å². The SMILES string of the molecule is C=Cc1cccc(Cn2c(C#N)cc3ccc(Br)cc32)c1/C=C\C. The average molecular weight is 377 g/mol. The van der Waals surface area contributed by atoms with Gasteiger partial charge in [-0.1, -0.05) is 65.0 Å². The van der Waals surface area contributed by atoms with E-state index in [4.69, 9.17) is 0 Å². The first kappa shape index (κ1) is 16.3. The number of rotatable bonds is 4. The van der Waals surface area contributed by atoms with Crippen molar-refractivity contribution in [1.82, 2.24) is 4.57 Å². The first-order chi connectivity index (χ1) is 11.7. The van der Waals surface area contributed by atoms with Crippen LogP contribution < -0.4 is 0 Å². The van der Waals surface area contributed by atoms with Crippen molar-refractivity contribution in [3.8, 4) is 6.07 Å². The number of hydrogen-bond donors (Lipinski definition) is 0. The molecule has 0 spiro atoms. The molecule has 0 aliphatic heterocycles. The minimum Gasteiger partial charge on any atom is -0.328 e. The Labute approximate surface area is 150 Å². The van der Waals surface area contributed by atoms with Crippen LogP contribution in [0, 0.1) is 11.3 Å². The third-order valence-electron chi connectivity index (χ3n) is 4.09. The molecule has 118 valence electrons. The van der Waals surface area contributed by atoms with Gasteiger partial charge in [0.2, 0.25) is 0 Å². The molecule has 0 radical (unpaired) electrons. The lowest BCUT2D eigenvalue weighted by molar-refractivity contribution is 0.821. The molecule has 0 saturated heterocycles. The maximum atomic E-state index is 9.53. The van der Waals surface area contributed by atoms with E-state index in [1.165, 1.54) is 5.56 Å². The van der Waals surface area contributed by atoms with E-state index in [0.29, 0.717) is 12.2 Å². The van der Waals surface area contributed by atoms with Crippen LogP contribution in [0.5, 0.6) is 0 Å². The van der Waals surface area contributed by atoms with E-state index in [0.717, 1.165) is 26.5 Å². The highest BCUT2D eigenvalue weighted by molar-refractivity contribution is 9.10. The Kier molecular flexibility index (Phi) is 4.69. The summed E-state index contributed by atoms with van der Waals surface area (Å²) < 4.78 is 3.07. The molecule has 0 aliphatic carbocycles. The second-order valence-electron chi connectivity index (χ2n) is 5.55. The molecule has 0 fully saturated rings. The number of halogens is 1. The Morgan fingerprint density at radius 2 is 2.08 bits per heavy atom. The topological polar surface area (TPSA) is 28.7 Å². The summed E-state index contributed by atoms with van der Waals surface area (Å²) in [5, 5.41) is 10.6. The summed E-state index contributed by atoms with van der Waals surface area (Å²) in [6.45, 7) is 6.56. The van der Waals surface area contributed by atoms with E-state index < -0.39 is 0 Å². The number of allylic oxidation sites excluding steroid dienone is 1. The van der Waals surface area contributed by atoms with Gasteiger partial charge >= 0.3 is 0 Å². The lowest BCUT2D eigenvalue weighted by atomic mass is 10.00. The molecule has 1 aromatic heterocycles. The van der Waals surface area contributed by atoms with E-state index in [-0.39, 0.29) is 0 Å². The van der Waals surface area contributed by atoms with Crippen LogP contribution in [-0.4, -0.2) is 4.57 Å². The normalized spacial score (nSPS) is 11.0. The Hall–Kier alpha value is -2.57. The van der Waals surface area contributed by atoms with Crippen molar-refractivity contribution < 1.29 is 0 Å². The number of fused-ring (bicyclic) bond motifs is 1. The van der Waals surface area contributed by atoms with Crippen LogP contribution in [0.2, 0.25) is 0 Å². The molecule has 2 nitrogen and oxygen atoms in total. The fourth-order valence-electron chi connectivity index (χ4n) is 2.98. The molecular formula is C21H17BrN2.